The molecule has 1 aromatic carbocycles. The molecular weight excluding hydrogens is 252 g/mol. The van der Waals surface area contributed by atoms with Crippen LogP contribution in [0.3, 0.4) is 0 Å². The molecule has 4 heteroatoms. The molecule has 0 aromatic heterocycles. The molecule has 1 rings (SSSR count). The van der Waals surface area contributed by atoms with E-state index in [9.17, 15) is 4.79 Å². The summed E-state index contributed by atoms with van der Waals surface area (Å²) in [5.41, 5.74) is 1.90. The van der Waals surface area contributed by atoms with Crippen LogP contribution in [0.2, 0.25) is 5.02 Å². The first-order valence-electron chi connectivity index (χ1n) is 5.84. The topological polar surface area (TPSA) is 46.5 Å². The van der Waals surface area contributed by atoms with E-state index in [1.54, 1.807) is 7.11 Å². The van der Waals surface area contributed by atoms with Crippen molar-refractivity contribution in [2.75, 3.05) is 7.11 Å². The first kappa shape index (κ1) is 14.8. The van der Waals surface area contributed by atoms with Gasteiger partial charge in [-0.1, -0.05) is 25.4 Å². The molecule has 0 atom stereocenters. The van der Waals surface area contributed by atoms with Crippen molar-refractivity contribution >= 4 is 17.6 Å². The number of hydrogen-bond donors (Lipinski definition) is 1. The van der Waals surface area contributed by atoms with Crippen LogP contribution in [0.1, 0.15) is 37.8 Å². The summed E-state index contributed by atoms with van der Waals surface area (Å²) >= 11 is 6.13. The van der Waals surface area contributed by atoms with E-state index in [1.807, 2.05) is 32.9 Å². The zero-order valence-electron chi connectivity index (χ0n) is 11.2. The standard InChI is InChI=1S/C14H19ClO3/c1-9-7-12(18-4)11(15)8-10(9)14(2,3)6-5-13(16)17/h7-8H,5-6H2,1-4H3,(H,16,17). The van der Waals surface area contributed by atoms with Gasteiger partial charge in [0.1, 0.15) is 5.75 Å². The van der Waals surface area contributed by atoms with Gasteiger partial charge in [-0.15, -0.1) is 0 Å². The first-order valence-corrected chi connectivity index (χ1v) is 6.22. The minimum absolute atomic E-state index is 0.149. The van der Waals surface area contributed by atoms with E-state index < -0.39 is 5.97 Å². The number of halogens is 1. The molecule has 0 amide bonds. The SMILES string of the molecule is COc1cc(C)c(C(C)(C)CCC(=O)O)cc1Cl. The Kier molecular flexibility index (Phi) is 4.63. The van der Waals surface area contributed by atoms with Crippen LogP contribution in [-0.2, 0) is 10.2 Å². The van der Waals surface area contributed by atoms with E-state index in [0.29, 0.717) is 17.2 Å². The smallest absolute Gasteiger partial charge is 0.303 e. The van der Waals surface area contributed by atoms with Gasteiger partial charge in [0.25, 0.3) is 0 Å². The van der Waals surface area contributed by atoms with Crippen LogP contribution < -0.4 is 4.74 Å². The number of aliphatic carboxylic acids is 1. The fourth-order valence-corrected chi connectivity index (χ4v) is 2.34. The molecule has 0 bridgehead atoms. The molecule has 0 saturated heterocycles. The Bertz CT molecular complexity index is 453. The van der Waals surface area contributed by atoms with E-state index in [4.69, 9.17) is 21.4 Å². The molecule has 0 radical (unpaired) electrons. The number of aryl methyl sites for hydroxylation is 1. The zero-order valence-corrected chi connectivity index (χ0v) is 12.0. The maximum Gasteiger partial charge on any atom is 0.303 e. The van der Waals surface area contributed by atoms with Gasteiger partial charge in [0.2, 0.25) is 0 Å². The summed E-state index contributed by atoms with van der Waals surface area (Å²) in [6, 6.07) is 3.76. The molecule has 1 N–H and O–H groups in total. The van der Waals surface area contributed by atoms with Gasteiger partial charge in [-0.2, -0.15) is 0 Å². The molecule has 18 heavy (non-hydrogen) atoms. The molecular formula is C14H19ClO3. The zero-order chi connectivity index (χ0) is 13.9. The lowest BCUT2D eigenvalue weighted by molar-refractivity contribution is -0.137. The lowest BCUT2D eigenvalue weighted by Crippen LogP contribution is -2.20. The summed E-state index contributed by atoms with van der Waals surface area (Å²) in [6.45, 7) is 6.04. The molecule has 0 aliphatic heterocycles. The van der Waals surface area contributed by atoms with Gasteiger partial charge in [0.05, 0.1) is 12.1 Å². The quantitative estimate of drug-likeness (QED) is 0.885. The van der Waals surface area contributed by atoms with E-state index in [1.165, 1.54) is 0 Å². The number of carboxylic acid groups (broad SMARTS) is 1. The second-order valence-corrected chi connectivity index (χ2v) is 5.49. The minimum atomic E-state index is -0.777. The number of methoxy groups -OCH3 is 1. The maximum atomic E-state index is 10.7. The van der Waals surface area contributed by atoms with Crippen molar-refractivity contribution in [3.63, 3.8) is 0 Å². The predicted molar refractivity (Wildman–Crippen MR) is 72.6 cm³/mol. The third-order valence-corrected chi connectivity index (χ3v) is 3.49. The lowest BCUT2D eigenvalue weighted by Gasteiger charge is -2.27. The molecule has 0 aliphatic rings. The van der Waals surface area contributed by atoms with E-state index in [-0.39, 0.29) is 11.8 Å². The average molecular weight is 271 g/mol. The van der Waals surface area contributed by atoms with Crippen LogP contribution in [0.5, 0.6) is 5.75 Å². The third-order valence-electron chi connectivity index (χ3n) is 3.19. The highest BCUT2D eigenvalue weighted by Crippen LogP contribution is 2.36. The van der Waals surface area contributed by atoms with Crippen LogP contribution >= 0.6 is 11.6 Å². The summed E-state index contributed by atoms with van der Waals surface area (Å²) in [5, 5.41) is 9.34. The Morgan fingerprint density at radius 1 is 1.44 bits per heavy atom. The maximum absolute atomic E-state index is 10.7. The Balaban J connectivity index is 3.08. The van der Waals surface area contributed by atoms with Crippen molar-refractivity contribution in [3.05, 3.63) is 28.3 Å². The molecule has 0 spiro atoms. The van der Waals surface area contributed by atoms with Gasteiger partial charge >= 0.3 is 5.97 Å². The highest BCUT2D eigenvalue weighted by Gasteiger charge is 2.24. The Hall–Kier alpha value is -1.22. The second-order valence-electron chi connectivity index (χ2n) is 5.08. The second kappa shape index (κ2) is 5.61. The molecule has 0 heterocycles. The van der Waals surface area contributed by atoms with Gasteiger partial charge < -0.3 is 9.84 Å². The van der Waals surface area contributed by atoms with Crippen molar-refractivity contribution in [1.82, 2.24) is 0 Å². The van der Waals surface area contributed by atoms with E-state index >= 15 is 0 Å². The number of carbonyl (C=O) groups is 1. The fourth-order valence-electron chi connectivity index (χ4n) is 2.09. The van der Waals surface area contributed by atoms with E-state index in [2.05, 4.69) is 0 Å². The molecule has 0 unspecified atom stereocenters. The van der Waals surface area contributed by atoms with Crippen molar-refractivity contribution in [2.45, 2.75) is 39.0 Å². The van der Waals surface area contributed by atoms with Gasteiger partial charge in [0, 0.05) is 6.42 Å². The summed E-state index contributed by atoms with van der Waals surface area (Å²) in [5.74, 6) is -0.132. The predicted octanol–water partition coefficient (Wildman–Crippen LogP) is 3.80. The number of ether oxygens (including phenoxy) is 1. The van der Waals surface area contributed by atoms with Gasteiger partial charge in [0.15, 0.2) is 0 Å². The first-order chi connectivity index (χ1) is 8.27. The van der Waals surface area contributed by atoms with E-state index in [0.717, 1.165) is 11.1 Å². The van der Waals surface area contributed by atoms with Crippen molar-refractivity contribution in [2.24, 2.45) is 0 Å². The molecule has 0 saturated carbocycles. The van der Waals surface area contributed by atoms with Crippen LogP contribution in [0.25, 0.3) is 0 Å². The van der Waals surface area contributed by atoms with Crippen molar-refractivity contribution in [3.8, 4) is 5.75 Å². The van der Waals surface area contributed by atoms with Gasteiger partial charge in [-0.3, -0.25) is 4.79 Å². The summed E-state index contributed by atoms with van der Waals surface area (Å²) in [4.78, 5) is 10.7. The molecule has 0 aliphatic carbocycles. The van der Waals surface area contributed by atoms with Gasteiger partial charge in [-0.25, -0.2) is 0 Å². The Labute approximate surface area is 113 Å². The Morgan fingerprint density at radius 2 is 2.06 bits per heavy atom. The minimum Gasteiger partial charge on any atom is -0.495 e. The normalized spacial score (nSPS) is 11.4. The number of carboxylic acids is 1. The van der Waals surface area contributed by atoms with Crippen molar-refractivity contribution in [1.29, 1.82) is 0 Å². The number of hydrogen-bond acceptors (Lipinski definition) is 2. The highest BCUT2D eigenvalue weighted by molar-refractivity contribution is 6.32. The Morgan fingerprint density at radius 3 is 2.56 bits per heavy atom. The van der Waals surface area contributed by atoms with Crippen LogP contribution in [0, 0.1) is 6.92 Å². The molecule has 3 nitrogen and oxygen atoms in total. The van der Waals surface area contributed by atoms with Crippen LogP contribution in [0.15, 0.2) is 12.1 Å². The number of benzene rings is 1. The summed E-state index contributed by atoms with van der Waals surface area (Å²) < 4.78 is 5.17. The molecule has 1 aromatic rings. The van der Waals surface area contributed by atoms with Gasteiger partial charge in [-0.05, 0) is 42.0 Å². The van der Waals surface area contributed by atoms with Crippen LogP contribution in [-0.4, -0.2) is 18.2 Å². The third kappa shape index (κ3) is 3.39. The summed E-state index contributed by atoms with van der Waals surface area (Å²) in [6.07, 6.45) is 0.724. The van der Waals surface area contributed by atoms with Crippen LogP contribution in [0.4, 0.5) is 0 Å². The molecule has 100 valence electrons. The largest absolute Gasteiger partial charge is 0.495 e. The summed E-state index contributed by atoms with van der Waals surface area (Å²) in [7, 11) is 1.58. The van der Waals surface area contributed by atoms with Crippen molar-refractivity contribution < 1.29 is 14.6 Å². The average Bonchev–Trinajstić information content (AvgIpc) is 2.29. The fraction of sp³-hybridized carbons (Fsp3) is 0.500. The lowest BCUT2D eigenvalue weighted by atomic mass is 9.78. The highest BCUT2D eigenvalue weighted by atomic mass is 35.5. The molecule has 0 fully saturated rings. The monoisotopic (exact) mass is 270 g/mol. The number of rotatable bonds is 5.